The number of aliphatic imine (C=N–C) groups is 1. The summed E-state index contributed by atoms with van der Waals surface area (Å²) in [6.07, 6.45) is 7.32. The average Bonchev–Trinajstić information content (AvgIpc) is 2.14. The summed E-state index contributed by atoms with van der Waals surface area (Å²) >= 11 is 0. The molecule has 1 rings (SSSR count). The second kappa shape index (κ2) is 3.81. The summed E-state index contributed by atoms with van der Waals surface area (Å²) in [5.41, 5.74) is 0. The molecule has 60 valence electrons. The zero-order valence-electron chi connectivity index (χ0n) is 6.74. The number of amidine groups is 1. The predicted octanol–water partition coefficient (Wildman–Crippen LogP) is 1.40. The zero-order valence-corrected chi connectivity index (χ0v) is 6.74. The summed E-state index contributed by atoms with van der Waals surface area (Å²) in [6, 6.07) is 0.546. The minimum absolute atomic E-state index is 0.154. The molecule has 0 aromatic carbocycles. The van der Waals surface area contributed by atoms with Crippen molar-refractivity contribution in [3.8, 4) is 0 Å². The molecule has 0 spiro atoms. The molecular weight excluding hydrogens is 140 g/mol. The van der Waals surface area contributed by atoms with Crippen LogP contribution in [0.1, 0.15) is 13.8 Å². The fraction of sp³-hybridized carbons (Fsp3) is 0.375. The van der Waals surface area contributed by atoms with Crippen molar-refractivity contribution in [3.63, 3.8) is 0 Å². The van der Waals surface area contributed by atoms with Gasteiger partial charge in [0.2, 0.25) is 0 Å². The average molecular weight is 152 g/mol. The van der Waals surface area contributed by atoms with E-state index in [2.05, 4.69) is 10.3 Å². The Morgan fingerprint density at radius 2 is 2.27 bits per heavy atom. The van der Waals surface area contributed by atoms with E-state index >= 15 is 0 Å². The second-order valence-corrected chi connectivity index (χ2v) is 2.45. The first-order valence-electron chi connectivity index (χ1n) is 3.62. The van der Waals surface area contributed by atoms with Gasteiger partial charge in [0.15, 0.2) is 0 Å². The molecule has 0 saturated heterocycles. The maximum atomic E-state index is 5.31. The van der Waals surface area contributed by atoms with E-state index in [1.54, 1.807) is 12.4 Å². The Bertz CT molecular complexity index is 204. The van der Waals surface area contributed by atoms with Crippen molar-refractivity contribution in [2.24, 2.45) is 4.99 Å². The lowest BCUT2D eigenvalue weighted by molar-refractivity contribution is 0.220. The number of ether oxygens (including phenoxy) is 1. The third-order valence-corrected chi connectivity index (χ3v) is 1.04. The van der Waals surface area contributed by atoms with Crippen LogP contribution >= 0.6 is 0 Å². The summed E-state index contributed by atoms with van der Waals surface area (Å²) in [6.45, 7) is 3.92. The number of allylic oxidation sites excluding steroid dienone is 2. The molecule has 1 N–H and O–H groups in total. The standard InChI is InChI=1S/C8H12N2O/c1-7(2)11-8-9-5-3-4-6-10-8/h3-7H,1-2H3,(H,9,10). The molecule has 0 amide bonds. The molecule has 0 unspecified atom stereocenters. The van der Waals surface area contributed by atoms with Crippen molar-refractivity contribution in [1.29, 1.82) is 0 Å². The van der Waals surface area contributed by atoms with E-state index in [9.17, 15) is 0 Å². The van der Waals surface area contributed by atoms with E-state index in [1.807, 2.05) is 26.0 Å². The fourth-order valence-electron chi connectivity index (χ4n) is 0.660. The van der Waals surface area contributed by atoms with Crippen molar-refractivity contribution < 1.29 is 4.74 Å². The summed E-state index contributed by atoms with van der Waals surface area (Å²) in [7, 11) is 0. The molecule has 0 aromatic heterocycles. The van der Waals surface area contributed by atoms with E-state index in [4.69, 9.17) is 4.74 Å². The molecule has 1 aliphatic rings. The maximum absolute atomic E-state index is 5.31. The first-order chi connectivity index (χ1) is 5.29. The predicted molar refractivity (Wildman–Crippen MR) is 45.1 cm³/mol. The highest BCUT2D eigenvalue weighted by molar-refractivity contribution is 5.75. The Morgan fingerprint density at radius 1 is 1.45 bits per heavy atom. The largest absolute Gasteiger partial charge is 0.462 e. The number of hydrogen-bond acceptors (Lipinski definition) is 3. The monoisotopic (exact) mass is 152 g/mol. The molecule has 0 saturated carbocycles. The lowest BCUT2D eigenvalue weighted by Gasteiger charge is -2.09. The molecule has 0 aromatic rings. The number of hydrogen-bond donors (Lipinski definition) is 1. The SMILES string of the molecule is CC(C)OC1=NC=CC=CN1. The third kappa shape index (κ3) is 2.89. The van der Waals surface area contributed by atoms with Crippen LogP contribution in [0.2, 0.25) is 0 Å². The van der Waals surface area contributed by atoms with Crippen molar-refractivity contribution in [2.45, 2.75) is 20.0 Å². The van der Waals surface area contributed by atoms with E-state index in [-0.39, 0.29) is 6.10 Å². The minimum Gasteiger partial charge on any atom is -0.462 e. The van der Waals surface area contributed by atoms with Gasteiger partial charge in [-0.25, -0.2) is 4.99 Å². The molecule has 0 bridgehead atoms. The Hall–Kier alpha value is -1.25. The van der Waals surface area contributed by atoms with Crippen molar-refractivity contribution in [2.75, 3.05) is 0 Å². The van der Waals surface area contributed by atoms with Gasteiger partial charge in [-0.15, -0.1) is 0 Å². The first kappa shape index (κ1) is 7.85. The van der Waals surface area contributed by atoms with E-state index < -0.39 is 0 Å². The Balaban J connectivity index is 2.51. The van der Waals surface area contributed by atoms with Crippen LogP contribution in [0.4, 0.5) is 0 Å². The van der Waals surface area contributed by atoms with Gasteiger partial charge in [-0.2, -0.15) is 0 Å². The molecule has 3 heteroatoms. The van der Waals surface area contributed by atoms with Gasteiger partial charge >= 0.3 is 0 Å². The van der Waals surface area contributed by atoms with Crippen molar-refractivity contribution >= 4 is 6.02 Å². The van der Waals surface area contributed by atoms with Gasteiger partial charge in [0, 0.05) is 12.4 Å². The van der Waals surface area contributed by atoms with E-state index in [0.717, 1.165) is 0 Å². The molecule has 0 aliphatic carbocycles. The van der Waals surface area contributed by atoms with Crippen LogP contribution in [-0.2, 0) is 4.74 Å². The van der Waals surface area contributed by atoms with Crippen LogP contribution in [0.15, 0.2) is 29.5 Å². The van der Waals surface area contributed by atoms with Gasteiger partial charge in [0.05, 0.1) is 6.10 Å². The topological polar surface area (TPSA) is 33.6 Å². The van der Waals surface area contributed by atoms with Crippen LogP contribution in [0, 0.1) is 0 Å². The Morgan fingerprint density at radius 3 is 3.00 bits per heavy atom. The van der Waals surface area contributed by atoms with Gasteiger partial charge in [-0.1, -0.05) is 0 Å². The van der Waals surface area contributed by atoms with Crippen LogP contribution in [-0.4, -0.2) is 12.1 Å². The second-order valence-electron chi connectivity index (χ2n) is 2.45. The van der Waals surface area contributed by atoms with Gasteiger partial charge in [-0.3, -0.25) is 0 Å². The van der Waals surface area contributed by atoms with Gasteiger partial charge in [-0.05, 0) is 26.0 Å². The van der Waals surface area contributed by atoms with E-state index in [0.29, 0.717) is 6.02 Å². The summed E-state index contributed by atoms with van der Waals surface area (Å²) in [5, 5.41) is 2.90. The molecular formula is C8H12N2O. The summed E-state index contributed by atoms with van der Waals surface area (Å²) < 4.78 is 5.31. The number of nitrogens with zero attached hydrogens (tertiary/aromatic N) is 1. The van der Waals surface area contributed by atoms with Gasteiger partial charge in [0.1, 0.15) is 0 Å². The smallest absolute Gasteiger partial charge is 0.293 e. The molecule has 0 atom stereocenters. The van der Waals surface area contributed by atoms with Crippen LogP contribution < -0.4 is 5.32 Å². The molecule has 0 radical (unpaired) electrons. The normalized spacial score (nSPS) is 15.7. The van der Waals surface area contributed by atoms with Crippen LogP contribution in [0.25, 0.3) is 0 Å². The molecule has 0 fully saturated rings. The summed E-state index contributed by atoms with van der Waals surface area (Å²) in [4.78, 5) is 4.00. The minimum atomic E-state index is 0.154. The number of nitrogens with one attached hydrogen (secondary N) is 1. The third-order valence-electron chi connectivity index (χ3n) is 1.04. The lowest BCUT2D eigenvalue weighted by atomic mass is 10.5. The zero-order chi connectivity index (χ0) is 8.10. The molecule has 1 heterocycles. The highest BCUT2D eigenvalue weighted by Crippen LogP contribution is 1.92. The fourth-order valence-corrected chi connectivity index (χ4v) is 0.660. The highest BCUT2D eigenvalue weighted by Gasteiger charge is 1.99. The molecule has 11 heavy (non-hydrogen) atoms. The Kier molecular flexibility index (Phi) is 2.72. The molecule has 1 aliphatic heterocycles. The van der Waals surface area contributed by atoms with Gasteiger partial charge in [0.25, 0.3) is 6.02 Å². The Labute approximate surface area is 66.5 Å². The van der Waals surface area contributed by atoms with E-state index in [1.165, 1.54) is 0 Å². The number of rotatable bonds is 1. The van der Waals surface area contributed by atoms with Crippen LogP contribution in [0.5, 0.6) is 0 Å². The molecule has 3 nitrogen and oxygen atoms in total. The first-order valence-corrected chi connectivity index (χ1v) is 3.62. The van der Waals surface area contributed by atoms with Crippen molar-refractivity contribution in [1.82, 2.24) is 5.32 Å². The quantitative estimate of drug-likeness (QED) is 0.616. The maximum Gasteiger partial charge on any atom is 0.293 e. The van der Waals surface area contributed by atoms with Crippen LogP contribution in [0.3, 0.4) is 0 Å². The van der Waals surface area contributed by atoms with Crippen molar-refractivity contribution in [3.05, 3.63) is 24.6 Å². The highest BCUT2D eigenvalue weighted by atomic mass is 16.5. The van der Waals surface area contributed by atoms with Gasteiger partial charge < -0.3 is 10.1 Å². The lowest BCUT2D eigenvalue weighted by Crippen LogP contribution is -2.23. The summed E-state index contributed by atoms with van der Waals surface area (Å²) in [5.74, 6) is 0.